The number of ether oxygens (including phenoxy) is 1. The normalized spacial score (nSPS) is 11.0. The minimum Gasteiger partial charge on any atom is -0.444 e. The first-order valence-corrected chi connectivity index (χ1v) is 7.86. The number of benzene rings is 1. The smallest absolute Gasteiger partial charge is 0.407 e. The van der Waals surface area contributed by atoms with Crippen LogP contribution in [-0.2, 0) is 11.2 Å². The van der Waals surface area contributed by atoms with Crippen molar-refractivity contribution in [3.63, 3.8) is 0 Å². The van der Waals surface area contributed by atoms with Gasteiger partial charge in [0.15, 0.2) is 0 Å². The molecule has 1 amide bonds. The number of halogens is 1. The van der Waals surface area contributed by atoms with Gasteiger partial charge in [0, 0.05) is 24.9 Å². The lowest BCUT2D eigenvalue weighted by Gasteiger charge is -2.19. The summed E-state index contributed by atoms with van der Waals surface area (Å²) in [4.78, 5) is 15.8. The van der Waals surface area contributed by atoms with Crippen molar-refractivity contribution in [2.75, 3.05) is 6.54 Å². The third-order valence-corrected chi connectivity index (χ3v) is 3.40. The minimum atomic E-state index is -0.526. The van der Waals surface area contributed by atoms with Crippen LogP contribution in [0.25, 0.3) is 5.69 Å². The Morgan fingerprint density at radius 2 is 2.21 bits per heavy atom. The van der Waals surface area contributed by atoms with Crippen LogP contribution in [0.2, 0.25) is 5.02 Å². The van der Waals surface area contributed by atoms with Gasteiger partial charge in [-0.15, -0.1) is 0 Å². The Balaban J connectivity index is 2.04. The van der Waals surface area contributed by atoms with Crippen LogP contribution in [0.3, 0.4) is 0 Å². The van der Waals surface area contributed by atoms with Crippen molar-refractivity contribution in [2.24, 2.45) is 0 Å². The molecule has 126 valence electrons. The van der Waals surface area contributed by atoms with Crippen LogP contribution in [0, 0.1) is 11.3 Å². The highest BCUT2D eigenvalue weighted by Gasteiger charge is 2.16. The summed E-state index contributed by atoms with van der Waals surface area (Å²) < 4.78 is 7.03. The molecule has 0 fully saturated rings. The molecule has 0 bridgehead atoms. The second kappa shape index (κ2) is 7.37. The Labute approximate surface area is 146 Å². The molecule has 0 aliphatic rings. The molecule has 2 aromatic rings. The number of nitrogens with one attached hydrogen (secondary N) is 1. The van der Waals surface area contributed by atoms with Crippen LogP contribution in [0.5, 0.6) is 0 Å². The molecule has 1 aromatic heterocycles. The highest BCUT2D eigenvalue weighted by molar-refractivity contribution is 6.32. The Bertz CT molecular complexity index is 772. The molecule has 6 nitrogen and oxygen atoms in total. The highest BCUT2D eigenvalue weighted by Crippen LogP contribution is 2.23. The van der Waals surface area contributed by atoms with E-state index in [1.165, 1.54) is 0 Å². The number of hydrogen-bond donors (Lipinski definition) is 1. The van der Waals surface area contributed by atoms with E-state index in [-0.39, 0.29) is 0 Å². The lowest BCUT2D eigenvalue weighted by atomic mass is 10.2. The Morgan fingerprint density at radius 1 is 1.46 bits per heavy atom. The van der Waals surface area contributed by atoms with E-state index in [4.69, 9.17) is 21.6 Å². The maximum Gasteiger partial charge on any atom is 0.407 e. The van der Waals surface area contributed by atoms with E-state index in [1.54, 1.807) is 30.7 Å². The van der Waals surface area contributed by atoms with E-state index < -0.39 is 11.7 Å². The zero-order valence-corrected chi connectivity index (χ0v) is 14.6. The minimum absolute atomic E-state index is 0.411. The molecule has 0 saturated heterocycles. The van der Waals surface area contributed by atoms with Gasteiger partial charge < -0.3 is 14.6 Å². The van der Waals surface area contributed by atoms with Crippen LogP contribution >= 0.6 is 11.6 Å². The third-order valence-electron chi connectivity index (χ3n) is 3.10. The lowest BCUT2D eigenvalue weighted by molar-refractivity contribution is 0.0528. The van der Waals surface area contributed by atoms with Gasteiger partial charge in [-0.1, -0.05) is 11.6 Å². The van der Waals surface area contributed by atoms with Crippen molar-refractivity contribution >= 4 is 17.7 Å². The molecule has 0 aliphatic carbocycles. The van der Waals surface area contributed by atoms with Crippen LogP contribution < -0.4 is 5.32 Å². The molecule has 24 heavy (non-hydrogen) atoms. The molecule has 0 unspecified atom stereocenters. The molecule has 1 N–H and O–H groups in total. The van der Waals surface area contributed by atoms with Gasteiger partial charge in [0.25, 0.3) is 0 Å². The molecule has 0 aliphatic heterocycles. The van der Waals surface area contributed by atoms with Gasteiger partial charge in [-0.25, -0.2) is 9.78 Å². The molecule has 1 heterocycles. The first-order valence-electron chi connectivity index (χ1n) is 7.48. The number of hydrogen-bond acceptors (Lipinski definition) is 4. The predicted molar refractivity (Wildman–Crippen MR) is 91.2 cm³/mol. The number of aromatic nitrogens is 2. The number of nitriles is 1. The number of imidazole rings is 1. The van der Waals surface area contributed by atoms with Crippen molar-refractivity contribution in [1.82, 2.24) is 14.9 Å². The van der Waals surface area contributed by atoms with Gasteiger partial charge >= 0.3 is 6.09 Å². The Kier molecular flexibility index (Phi) is 5.47. The van der Waals surface area contributed by atoms with Crippen molar-refractivity contribution in [3.8, 4) is 11.8 Å². The molecule has 7 heteroatoms. The summed E-state index contributed by atoms with van der Waals surface area (Å²) in [6.45, 7) is 5.85. The van der Waals surface area contributed by atoms with E-state index in [1.807, 2.05) is 31.4 Å². The van der Waals surface area contributed by atoms with Crippen LogP contribution in [0.15, 0.2) is 30.7 Å². The fraction of sp³-hybridized carbons (Fsp3) is 0.353. The highest BCUT2D eigenvalue weighted by atomic mass is 35.5. The van der Waals surface area contributed by atoms with E-state index in [0.717, 1.165) is 11.4 Å². The van der Waals surface area contributed by atoms with Crippen LogP contribution in [-0.4, -0.2) is 27.8 Å². The molecular weight excluding hydrogens is 328 g/mol. The van der Waals surface area contributed by atoms with Gasteiger partial charge in [0.05, 0.1) is 28.7 Å². The van der Waals surface area contributed by atoms with Gasteiger partial charge in [0.2, 0.25) is 0 Å². The van der Waals surface area contributed by atoms with E-state index >= 15 is 0 Å². The van der Waals surface area contributed by atoms with E-state index in [9.17, 15) is 4.79 Å². The maximum atomic E-state index is 11.7. The van der Waals surface area contributed by atoms with Crippen LogP contribution in [0.4, 0.5) is 4.79 Å². The summed E-state index contributed by atoms with van der Waals surface area (Å²) in [6, 6.07) is 7.13. The molecule has 2 rings (SSSR count). The SMILES string of the molecule is CC(C)(C)OC(=O)NCCc1cncn1-c1ccc(C#N)cc1Cl. The second-order valence-electron chi connectivity index (χ2n) is 6.21. The number of carbonyl (C=O) groups excluding carboxylic acids is 1. The van der Waals surface area contributed by atoms with Crippen molar-refractivity contribution in [3.05, 3.63) is 47.0 Å². The number of carbonyl (C=O) groups is 1. The zero-order chi connectivity index (χ0) is 17.7. The molecule has 0 atom stereocenters. The molecule has 0 saturated carbocycles. The maximum absolute atomic E-state index is 11.7. The second-order valence-corrected chi connectivity index (χ2v) is 6.62. The Morgan fingerprint density at radius 3 is 2.83 bits per heavy atom. The fourth-order valence-corrected chi connectivity index (χ4v) is 2.37. The quantitative estimate of drug-likeness (QED) is 0.919. The van der Waals surface area contributed by atoms with Gasteiger partial charge in [-0.3, -0.25) is 0 Å². The molecular formula is C17H19ClN4O2. The predicted octanol–water partition coefficient (Wildman–Crippen LogP) is 3.46. The van der Waals surface area contributed by atoms with Crippen molar-refractivity contribution in [1.29, 1.82) is 5.26 Å². The van der Waals surface area contributed by atoms with E-state index in [0.29, 0.717) is 23.6 Å². The largest absolute Gasteiger partial charge is 0.444 e. The average Bonchev–Trinajstić information content (AvgIpc) is 2.93. The number of alkyl carbamates (subject to hydrolysis) is 1. The summed E-state index contributed by atoms with van der Waals surface area (Å²) in [7, 11) is 0. The van der Waals surface area contributed by atoms with Crippen LogP contribution in [0.1, 0.15) is 32.0 Å². The summed E-state index contributed by atoms with van der Waals surface area (Å²) in [6.07, 6.45) is 3.47. The van der Waals surface area contributed by atoms with E-state index in [2.05, 4.69) is 10.3 Å². The average molecular weight is 347 g/mol. The molecule has 0 radical (unpaired) electrons. The fourth-order valence-electron chi connectivity index (χ4n) is 2.10. The molecule has 1 aromatic carbocycles. The van der Waals surface area contributed by atoms with Crippen molar-refractivity contribution < 1.29 is 9.53 Å². The number of nitrogens with zero attached hydrogens (tertiary/aromatic N) is 3. The zero-order valence-electron chi connectivity index (χ0n) is 13.8. The first-order chi connectivity index (χ1) is 11.3. The number of amides is 1. The summed E-state index contributed by atoms with van der Waals surface area (Å²) in [5, 5.41) is 12.1. The lowest BCUT2D eigenvalue weighted by Crippen LogP contribution is -2.33. The number of rotatable bonds is 4. The topological polar surface area (TPSA) is 79.9 Å². The van der Waals surface area contributed by atoms with Gasteiger partial charge in [0.1, 0.15) is 5.60 Å². The first kappa shape index (κ1) is 17.8. The van der Waals surface area contributed by atoms with Gasteiger partial charge in [-0.2, -0.15) is 5.26 Å². The Hall–Kier alpha value is -2.52. The monoisotopic (exact) mass is 346 g/mol. The summed E-state index contributed by atoms with van der Waals surface area (Å²) in [5.74, 6) is 0. The standard InChI is InChI=1S/C17H19ClN4O2/c1-17(2,3)24-16(23)21-7-6-13-10-20-11-22(13)15-5-4-12(9-19)8-14(15)18/h4-5,8,10-11H,6-7H2,1-3H3,(H,21,23). The van der Waals surface area contributed by atoms with Crippen molar-refractivity contribution in [2.45, 2.75) is 32.8 Å². The summed E-state index contributed by atoms with van der Waals surface area (Å²) >= 11 is 6.24. The summed E-state index contributed by atoms with van der Waals surface area (Å²) in [5.41, 5.74) is 1.59. The van der Waals surface area contributed by atoms with Gasteiger partial charge in [-0.05, 0) is 39.0 Å². The molecule has 0 spiro atoms. The third kappa shape index (κ3) is 4.74.